The van der Waals surface area contributed by atoms with Crippen molar-refractivity contribution in [1.82, 2.24) is 10.2 Å². The van der Waals surface area contributed by atoms with Crippen molar-refractivity contribution < 1.29 is 14.3 Å². The molecule has 0 bridgehead atoms. The summed E-state index contributed by atoms with van der Waals surface area (Å²) in [4.78, 5) is 17.0. The number of hydrogen-bond donors (Lipinski definition) is 1. The van der Waals surface area contributed by atoms with Gasteiger partial charge in [-0.3, -0.25) is 9.69 Å². The average molecular weight is 410 g/mol. The molecule has 0 spiro atoms. The summed E-state index contributed by atoms with van der Waals surface area (Å²) >= 11 is 0. The van der Waals surface area contributed by atoms with E-state index in [2.05, 4.69) is 45.4 Å². The number of rotatable bonds is 9. The largest absolute Gasteiger partial charge is 0.493 e. The molecule has 6 nitrogen and oxygen atoms in total. The van der Waals surface area contributed by atoms with Crippen LogP contribution in [0.3, 0.4) is 0 Å². The molecule has 0 aromatic heterocycles. The second-order valence-corrected chi connectivity index (χ2v) is 7.26. The fourth-order valence-corrected chi connectivity index (χ4v) is 3.57. The van der Waals surface area contributed by atoms with Crippen molar-refractivity contribution in [1.29, 1.82) is 0 Å². The lowest BCUT2D eigenvalue weighted by molar-refractivity contribution is -0.116. The topological polar surface area (TPSA) is 54.0 Å². The van der Waals surface area contributed by atoms with Crippen LogP contribution < -0.4 is 19.7 Å². The smallest absolute Gasteiger partial charge is 0.243 e. The maximum Gasteiger partial charge on any atom is 0.243 e. The van der Waals surface area contributed by atoms with Crippen LogP contribution in [-0.4, -0.2) is 64.3 Å². The third-order valence-corrected chi connectivity index (χ3v) is 5.28. The number of hydrogen-bond acceptors (Lipinski definition) is 5. The van der Waals surface area contributed by atoms with Gasteiger partial charge in [-0.1, -0.05) is 24.3 Å². The number of anilines is 1. The fourth-order valence-electron chi connectivity index (χ4n) is 3.57. The Morgan fingerprint density at radius 2 is 1.73 bits per heavy atom. The number of nitrogens with zero attached hydrogens (tertiary/aromatic N) is 2. The molecule has 6 heteroatoms. The van der Waals surface area contributed by atoms with Gasteiger partial charge in [-0.05, 0) is 48.9 Å². The first-order valence-corrected chi connectivity index (χ1v) is 10.4. The summed E-state index contributed by atoms with van der Waals surface area (Å²) in [5, 5.41) is 2.96. The minimum absolute atomic E-state index is 0.0846. The van der Waals surface area contributed by atoms with Gasteiger partial charge in [0.15, 0.2) is 11.5 Å². The predicted molar refractivity (Wildman–Crippen MR) is 121 cm³/mol. The molecule has 0 saturated carbocycles. The molecule has 0 radical (unpaired) electrons. The van der Waals surface area contributed by atoms with Gasteiger partial charge in [0, 0.05) is 44.5 Å². The molecule has 1 aliphatic rings. The van der Waals surface area contributed by atoms with Gasteiger partial charge in [0.2, 0.25) is 5.91 Å². The van der Waals surface area contributed by atoms with Crippen molar-refractivity contribution in [2.45, 2.75) is 6.42 Å². The van der Waals surface area contributed by atoms with Crippen LogP contribution in [0, 0.1) is 0 Å². The van der Waals surface area contributed by atoms with E-state index in [0.29, 0.717) is 18.0 Å². The fraction of sp³-hybridized carbons (Fsp3) is 0.375. The lowest BCUT2D eigenvalue weighted by atomic mass is 10.2. The van der Waals surface area contributed by atoms with Crippen LogP contribution in [0.2, 0.25) is 0 Å². The first kappa shape index (κ1) is 21.7. The van der Waals surface area contributed by atoms with E-state index in [9.17, 15) is 4.79 Å². The predicted octanol–water partition coefficient (Wildman–Crippen LogP) is 3.05. The number of nitrogens with one attached hydrogen (secondary N) is 1. The van der Waals surface area contributed by atoms with Crippen LogP contribution in [0.5, 0.6) is 11.5 Å². The number of carbonyl (C=O) groups excluding carboxylic acids is 1. The molecule has 1 amide bonds. The summed E-state index contributed by atoms with van der Waals surface area (Å²) in [5.74, 6) is 1.23. The van der Waals surface area contributed by atoms with E-state index < -0.39 is 0 Å². The van der Waals surface area contributed by atoms with E-state index >= 15 is 0 Å². The van der Waals surface area contributed by atoms with Crippen molar-refractivity contribution in [3.8, 4) is 11.5 Å². The van der Waals surface area contributed by atoms with Crippen molar-refractivity contribution in [2.75, 3.05) is 58.4 Å². The number of piperazine rings is 1. The van der Waals surface area contributed by atoms with Gasteiger partial charge in [-0.25, -0.2) is 0 Å². The zero-order valence-electron chi connectivity index (χ0n) is 17.8. The van der Waals surface area contributed by atoms with Gasteiger partial charge in [0.05, 0.1) is 14.2 Å². The number of ether oxygens (including phenoxy) is 2. The van der Waals surface area contributed by atoms with Crippen molar-refractivity contribution in [2.24, 2.45) is 0 Å². The van der Waals surface area contributed by atoms with Crippen molar-refractivity contribution >= 4 is 17.7 Å². The van der Waals surface area contributed by atoms with E-state index in [-0.39, 0.29) is 5.91 Å². The second kappa shape index (κ2) is 11.3. The Bertz CT molecular complexity index is 831. The normalized spacial score (nSPS) is 14.7. The number of benzene rings is 2. The van der Waals surface area contributed by atoms with Gasteiger partial charge in [0.1, 0.15) is 0 Å². The maximum absolute atomic E-state index is 12.1. The molecule has 2 aromatic rings. The highest BCUT2D eigenvalue weighted by atomic mass is 16.5. The minimum atomic E-state index is -0.0846. The molecule has 3 rings (SSSR count). The molecule has 0 aliphatic carbocycles. The molecule has 1 saturated heterocycles. The van der Waals surface area contributed by atoms with E-state index in [1.807, 2.05) is 18.2 Å². The summed E-state index contributed by atoms with van der Waals surface area (Å²) in [6.45, 7) is 5.88. The molecule has 2 aromatic carbocycles. The molecule has 30 heavy (non-hydrogen) atoms. The molecular formula is C24H31N3O3. The Kier molecular flexibility index (Phi) is 8.15. The Morgan fingerprint density at radius 1 is 1.00 bits per heavy atom. The second-order valence-electron chi connectivity index (χ2n) is 7.26. The summed E-state index contributed by atoms with van der Waals surface area (Å²) in [5.41, 5.74) is 2.18. The van der Waals surface area contributed by atoms with Gasteiger partial charge in [0.25, 0.3) is 0 Å². The zero-order chi connectivity index (χ0) is 21.2. The van der Waals surface area contributed by atoms with Crippen LogP contribution in [0.4, 0.5) is 5.69 Å². The van der Waals surface area contributed by atoms with Crippen LogP contribution in [0.25, 0.3) is 6.08 Å². The highest BCUT2D eigenvalue weighted by molar-refractivity contribution is 5.91. The standard InChI is InChI=1S/C24H31N3O3/c1-29-22-11-9-20(19-23(22)30-2)10-12-24(28)25-13-6-14-26-15-17-27(18-16-26)21-7-4-3-5-8-21/h3-5,7-12,19H,6,13-18H2,1-2H3,(H,25,28)/b12-10+. The summed E-state index contributed by atoms with van der Waals surface area (Å²) < 4.78 is 10.5. The highest BCUT2D eigenvalue weighted by Gasteiger charge is 2.16. The third-order valence-electron chi connectivity index (χ3n) is 5.28. The molecule has 160 valence electrons. The average Bonchev–Trinajstić information content (AvgIpc) is 2.81. The number of carbonyl (C=O) groups is 1. The zero-order valence-corrected chi connectivity index (χ0v) is 17.8. The quantitative estimate of drug-likeness (QED) is 0.510. The molecule has 0 unspecified atom stereocenters. The summed E-state index contributed by atoms with van der Waals surface area (Å²) in [7, 11) is 3.20. The van der Waals surface area contributed by atoms with Crippen LogP contribution in [0.15, 0.2) is 54.6 Å². The van der Waals surface area contributed by atoms with Gasteiger partial charge < -0.3 is 19.7 Å². The molecule has 1 N–H and O–H groups in total. The van der Waals surface area contributed by atoms with Gasteiger partial charge in [-0.2, -0.15) is 0 Å². The molecule has 0 atom stereocenters. The number of methoxy groups -OCH3 is 2. The third kappa shape index (κ3) is 6.26. The van der Waals surface area contributed by atoms with E-state index in [1.54, 1.807) is 26.4 Å². The molecular weight excluding hydrogens is 378 g/mol. The first-order valence-electron chi connectivity index (χ1n) is 10.4. The Morgan fingerprint density at radius 3 is 2.43 bits per heavy atom. The van der Waals surface area contributed by atoms with Crippen molar-refractivity contribution in [3.63, 3.8) is 0 Å². The van der Waals surface area contributed by atoms with Crippen molar-refractivity contribution in [3.05, 3.63) is 60.2 Å². The van der Waals surface area contributed by atoms with Crippen LogP contribution >= 0.6 is 0 Å². The monoisotopic (exact) mass is 409 g/mol. The lowest BCUT2D eigenvalue weighted by Crippen LogP contribution is -2.47. The molecule has 1 aliphatic heterocycles. The maximum atomic E-state index is 12.1. The number of amides is 1. The van der Waals surface area contributed by atoms with Crippen LogP contribution in [-0.2, 0) is 4.79 Å². The Labute approximate surface area is 179 Å². The van der Waals surface area contributed by atoms with Gasteiger partial charge in [-0.15, -0.1) is 0 Å². The SMILES string of the molecule is COc1ccc(/C=C/C(=O)NCCCN2CCN(c3ccccc3)CC2)cc1OC. The number of para-hydroxylation sites is 1. The molecule has 1 heterocycles. The first-order chi connectivity index (χ1) is 14.7. The van der Waals surface area contributed by atoms with E-state index in [4.69, 9.17) is 9.47 Å². The van der Waals surface area contributed by atoms with Crippen LogP contribution in [0.1, 0.15) is 12.0 Å². The highest BCUT2D eigenvalue weighted by Crippen LogP contribution is 2.27. The Balaban J connectivity index is 1.34. The van der Waals surface area contributed by atoms with E-state index in [1.165, 1.54) is 5.69 Å². The molecule has 1 fully saturated rings. The summed E-state index contributed by atoms with van der Waals surface area (Å²) in [6.07, 6.45) is 4.28. The Hall–Kier alpha value is -2.99. The minimum Gasteiger partial charge on any atom is -0.493 e. The lowest BCUT2D eigenvalue weighted by Gasteiger charge is -2.36. The van der Waals surface area contributed by atoms with E-state index in [0.717, 1.165) is 44.7 Å². The summed E-state index contributed by atoms with van der Waals surface area (Å²) in [6, 6.07) is 16.1. The van der Waals surface area contributed by atoms with Gasteiger partial charge >= 0.3 is 0 Å².